The predicted octanol–water partition coefficient (Wildman–Crippen LogP) is 2.32. The van der Waals surface area contributed by atoms with Crippen molar-refractivity contribution in [1.29, 1.82) is 0 Å². The average Bonchev–Trinajstić information content (AvgIpc) is 2.85. The summed E-state index contributed by atoms with van der Waals surface area (Å²) >= 11 is 0. The Hall–Kier alpha value is -1.79. The molecule has 1 aliphatic rings. The van der Waals surface area contributed by atoms with Crippen molar-refractivity contribution in [1.82, 2.24) is 5.32 Å². The third-order valence-corrected chi connectivity index (χ3v) is 3.80. The van der Waals surface area contributed by atoms with Gasteiger partial charge in [0, 0.05) is 0 Å². The van der Waals surface area contributed by atoms with Crippen LogP contribution in [0, 0.1) is 0 Å². The first-order valence-electron chi connectivity index (χ1n) is 8.36. The van der Waals surface area contributed by atoms with Gasteiger partial charge in [-0.05, 0) is 26.7 Å². The van der Waals surface area contributed by atoms with Gasteiger partial charge in [0.05, 0.1) is 13.2 Å². The Morgan fingerprint density at radius 2 is 1.61 bits per heavy atom. The molecule has 7 nitrogen and oxygen atoms in total. The minimum absolute atomic E-state index is 0.0963. The van der Waals surface area contributed by atoms with Crippen molar-refractivity contribution in [2.75, 3.05) is 13.2 Å². The molecule has 132 valence electrons. The second-order valence-electron chi connectivity index (χ2n) is 5.47. The van der Waals surface area contributed by atoms with E-state index < -0.39 is 29.7 Å². The molecule has 0 aromatic heterocycles. The van der Waals surface area contributed by atoms with Crippen LogP contribution in [-0.4, -0.2) is 42.9 Å². The molecule has 0 spiro atoms. The molecule has 1 aliphatic heterocycles. The zero-order valence-corrected chi connectivity index (χ0v) is 14.2. The number of amides is 1. The fraction of sp³-hybridized carbons (Fsp3) is 0.812. The van der Waals surface area contributed by atoms with Crippen LogP contribution >= 0.6 is 0 Å². The summed E-state index contributed by atoms with van der Waals surface area (Å²) in [5.41, 5.74) is -1.89. The van der Waals surface area contributed by atoms with Gasteiger partial charge in [-0.2, -0.15) is 0 Å². The van der Waals surface area contributed by atoms with Crippen molar-refractivity contribution >= 4 is 18.0 Å². The molecule has 23 heavy (non-hydrogen) atoms. The van der Waals surface area contributed by atoms with Crippen LogP contribution in [-0.2, 0) is 23.8 Å². The number of hydrogen-bond donors (Lipinski definition) is 1. The highest BCUT2D eigenvalue weighted by molar-refractivity contribution is 6.09. The lowest BCUT2D eigenvalue weighted by Gasteiger charge is -2.27. The van der Waals surface area contributed by atoms with Crippen molar-refractivity contribution < 1.29 is 28.6 Å². The van der Waals surface area contributed by atoms with Crippen molar-refractivity contribution in [3.8, 4) is 0 Å². The van der Waals surface area contributed by atoms with Crippen LogP contribution < -0.4 is 5.32 Å². The van der Waals surface area contributed by atoms with Gasteiger partial charge in [-0.1, -0.05) is 32.6 Å². The van der Waals surface area contributed by atoms with E-state index in [2.05, 4.69) is 12.2 Å². The fourth-order valence-electron chi connectivity index (χ4n) is 2.64. The molecule has 1 fully saturated rings. The summed E-state index contributed by atoms with van der Waals surface area (Å²) < 4.78 is 15.1. The van der Waals surface area contributed by atoms with E-state index in [-0.39, 0.29) is 13.2 Å². The summed E-state index contributed by atoms with van der Waals surface area (Å²) in [5, 5.41) is 2.33. The van der Waals surface area contributed by atoms with E-state index in [1.165, 1.54) is 0 Å². The lowest BCUT2D eigenvalue weighted by molar-refractivity contribution is -0.168. The number of carbonyl (C=O) groups is 3. The zero-order chi connectivity index (χ0) is 17.3. The molecule has 0 aliphatic carbocycles. The molecule has 0 bridgehead atoms. The van der Waals surface area contributed by atoms with E-state index in [0.29, 0.717) is 6.42 Å². The Balaban J connectivity index is 2.87. The van der Waals surface area contributed by atoms with Crippen molar-refractivity contribution in [2.24, 2.45) is 0 Å². The van der Waals surface area contributed by atoms with E-state index in [9.17, 15) is 14.4 Å². The molecule has 1 rings (SSSR count). The minimum Gasteiger partial charge on any atom is -0.464 e. The monoisotopic (exact) mass is 329 g/mol. The van der Waals surface area contributed by atoms with Crippen LogP contribution in [0.25, 0.3) is 0 Å². The maximum absolute atomic E-state index is 12.4. The number of esters is 2. The number of hydrogen-bond acceptors (Lipinski definition) is 6. The van der Waals surface area contributed by atoms with Gasteiger partial charge in [-0.15, -0.1) is 0 Å². The number of ether oxygens (including phenoxy) is 3. The van der Waals surface area contributed by atoms with Gasteiger partial charge in [0.2, 0.25) is 0 Å². The van der Waals surface area contributed by atoms with E-state index in [1.807, 2.05) is 0 Å². The van der Waals surface area contributed by atoms with Crippen molar-refractivity contribution in [3.63, 3.8) is 0 Å². The Morgan fingerprint density at radius 1 is 1.04 bits per heavy atom. The number of nitrogens with one attached hydrogen (secondary N) is 1. The normalized spacial score (nSPS) is 18.9. The maximum Gasteiger partial charge on any atom is 0.409 e. The number of cyclic esters (lactones) is 1. The molecule has 0 aromatic rings. The van der Waals surface area contributed by atoms with E-state index in [0.717, 1.165) is 32.1 Å². The minimum atomic E-state index is -1.89. The average molecular weight is 329 g/mol. The van der Waals surface area contributed by atoms with Gasteiger partial charge >= 0.3 is 18.0 Å². The first kappa shape index (κ1) is 19.3. The number of carbonyl (C=O) groups excluding carboxylic acids is 3. The highest BCUT2D eigenvalue weighted by Gasteiger charge is 2.62. The topological polar surface area (TPSA) is 90.9 Å². The Labute approximate surface area is 137 Å². The highest BCUT2D eigenvalue weighted by Crippen LogP contribution is 2.29. The largest absolute Gasteiger partial charge is 0.464 e. The van der Waals surface area contributed by atoms with Crippen LogP contribution in [0.5, 0.6) is 0 Å². The lowest BCUT2D eigenvalue weighted by Crippen LogP contribution is -2.62. The number of alkyl carbamates (subject to hydrolysis) is 1. The van der Waals surface area contributed by atoms with Crippen LogP contribution in [0.2, 0.25) is 0 Å². The van der Waals surface area contributed by atoms with Crippen LogP contribution in [0.15, 0.2) is 0 Å². The molecule has 7 heteroatoms. The Morgan fingerprint density at radius 3 is 2.13 bits per heavy atom. The second kappa shape index (κ2) is 9.37. The van der Waals surface area contributed by atoms with Crippen LogP contribution in [0.4, 0.5) is 4.79 Å². The van der Waals surface area contributed by atoms with E-state index >= 15 is 0 Å². The van der Waals surface area contributed by atoms with Crippen molar-refractivity contribution in [3.05, 3.63) is 0 Å². The third kappa shape index (κ3) is 4.59. The van der Waals surface area contributed by atoms with Gasteiger partial charge in [0.15, 0.2) is 0 Å². The van der Waals surface area contributed by atoms with E-state index in [4.69, 9.17) is 14.2 Å². The Kier molecular flexibility index (Phi) is 7.85. The van der Waals surface area contributed by atoms with Gasteiger partial charge in [-0.3, -0.25) is 5.32 Å². The molecule has 1 unspecified atom stereocenters. The van der Waals surface area contributed by atoms with Crippen molar-refractivity contribution in [2.45, 2.75) is 70.9 Å². The van der Waals surface area contributed by atoms with Gasteiger partial charge < -0.3 is 14.2 Å². The molecular formula is C16H27NO6. The predicted molar refractivity (Wildman–Crippen MR) is 82.8 cm³/mol. The molecule has 1 amide bonds. The SMILES string of the molecule is CCCCCCCC1OC(=O)NC1(C(=O)OCC)C(=O)OCC. The van der Waals surface area contributed by atoms with Crippen LogP contribution in [0.1, 0.15) is 59.3 Å². The molecule has 0 radical (unpaired) electrons. The fourth-order valence-corrected chi connectivity index (χ4v) is 2.64. The molecule has 0 saturated carbocycles. The smallest absolute Gasteiger partial charge is 0.409 e. The molecule has 1 N–H and O–H groups in total. The summed E-state index contributed by atoms with van der Waals surface area (Å²) in [7, 11) is 0. The number of rotatable bonds is 10. The first-order chi connectivity index (χ1) is 11.0. The van der Waals surface area contributed by atoms with Gasteiger partial charge in [0.25, 0.3) is 5.54 Å². The second-order valence-corrected chi connectivity index (χ2v) is 5.47. The Bertz CT molecular complexity index is 405. The molecule has 1 heterocycles. The lowest BCUT2D eigenvalue weighted by atomic mass is 9.89. The van der Waals surface area contributed by atoms with Crippen LogP contribution in [0.3, 0.4) is 0 Å². The summed E-state index contributed by atoms with van der Waals surface area (Å²) in [4.78, 5) is 36.4. The first-order valence-corrected chi connectivity index (χ1v) is 8.36. The molecule has 1 atom stereocenters. The highest BCUT2D eigenvalue weighted by atomic mass is 16.6. The van der Waals surface area contributed by atoms with E-state index in [1.54, 1.807) is 13.8 Å². The molecular weight excluding hydrogens is 302 g/mol. The number of unbranched alkanes of at least 4 members (excludes halogenated alkanes) is 4. The summed E-state index contributed by atoms with van der Waals surface area (Å²) in [6.45, 7) is 5.58. The third-order valence-electron chi connectivity index (χ3n) is 3.80. The van der Waals surface area contributed by atoms with Gasteiger partial charge in [0.1, 0.15) is 6.10 Å². The molecule has 0 aromatic carbocycles. The summed E-state index contributed by atoms with van der Waals surface area (Å²) in [5.74, 6) is -1.66. The summed E-state index contributed by atoms with van der Waals surface area (Å²) in [6.07, 6.45) is 3.71. The standard InChI is InChI=1S/C16H27NO6/c1-4-7-8-9-10-11-12-16(13(18)21-5-2,14(19)22-6-3)17-15(20)23-12/h12H,4-11H2,1-3H3,(H,17,20). The maximum atomic E-state index is 12.4. The van der Waals surface area contributed by atoms with Gasteiger partial charge in [-0.25, -0.2) is 14.4 Å². The quantitative estimate of drug-likeness (QED) is 0.286. The molecule has 1 saturated heterocycles. The summed E-state index contributed by atoms with van der Waals surface area (Å²) in [6, 6.07) is 0. The zero-order valence-electron chi connectivity index (χ0n) is 14.2.